The van der Waals surface area contributed by atoms with Crippen LogP contribution in [0, 0.1) is 0 Å². The van der Waals surface area contributed by atoms with E-state index >= 15 is 0 Å². The van der Waals surface area contributed by atoms with E-state index in [0.29, 0.717) is 22.6 Å². The van der Waals surface area contributed by atoms with Crippen molar-refractivity contribution in [1.29, 1.82) is 0 Å². The van der Waals surface area contributed by atoms with Crippen LogP contribution in [0.1, 0.15) is 12.8 Å². The molecule has 26 heavy (non-hydrogen) atoms. The number of urea groups is 1. The van der Waals surface area contributed by atoms with Gasteiger partial charge in [0.15, 0.2) is 4.34 Å². The van der Waals surface area contributed by atoms with Crippen molar-refractivity contribution in [2.75, 3.05) is 29.9 Å². The fourth-order valence-corrected chi connectivity index (χ4v) is 4.07. The second kappa shape index (κ2) is 8.86. The summed E-state index contributed by atoms with van der Waals surface area (Å²) in [5, 5.41) is 13.9. The van der Waals surface area contributed by atoms with Gasteiger partial charge in [0.2, 0.25) is 11.0 Å². The highest BCUT2D eigenvalue weighted by atomic mass is 32.2. The number of aromatic nitrogens is 2. The Kier molecular flexibility index (Phi) is 6.29. The fraction of sp³-hybridized carbons (Fsp3) is 0.375. The molecule has 10 heteroatoms. The molecule has 8 nitrogen and oxygen atoms in total. The average molecular weight is 393 g/mol. The van der Waals surface area contributed by atoms with Crippen molar-refractivity contribution in [2.45, 2.75) is 23.2 Å². The molecule has 1 aromatic carbocycles. The molecule has 0 unspecified atom stereocenters. The van der Waals surface area contributed by atoms with Gasteiger partial charge in [0, 0.05) is 24.8 Å². The molecule has 3 amide bonds. The maximum Gasteiger partial charge on any atom is 0.321 e. The lowest BCUT2D eigenvalue weighted by Crippen LogP contribution is -2.48. The van der Waals surface area contributed by atoms with Gasteiger partial charge in [0.25, 0.3) is 0 Å². The van der Waals surface area contributed by atoms with Gasteiger partial charge in [-0.2, -0.15) is 0 Å². The van der Waals surface area contributed by atoms with E-state index in [1.54, 1.807) is 4.90 Å². The molecule has 0 saturated carbocycles. The number of para-hydroxylation sites is 1. The quantitative estimate of drug-likeness (QED) is 0.671. The lowest BCUT2D eigenvalue weighted by atomic mass is 10.1. The number of thioether (sulfide) groups is 1. The van der Waals surface area contributed by atoms with Crippen molar-refractivity contribution in [1.82, 2.24) is 20.4 Å². The van der Waals surface area contributed by atoms with Gasteiger partial charge in [-0.1, -0.05) is 41.3 Å². The first-order valence-electron chi connectivity index (χ1n) is 8.22. The molecule has 1 aliphatic heterocycles. The van der Waals surface area contributed by atoms with Crippen molar-refractivity contribution in [3.05, 3.63) is 30.3 Å². The molecule has 0 atom stereocenters. The number of likely N-dealkylation sites (tertiary alicyclic amines) is 1. The van der Waals surface area contributed by atoms with Crippen molar-refractivity contribution in [3.63, 3.8) is 0 Å². The third kappa shape index (κ3) is 5.33. The number of nitrogens with two attached hydrogens (primary N) is 1. The SMILES string of the molecule is Nc1nnc(SCC(=O)NC2CCN(C(=O)Nc3ccccc3)CC2)s1. The fourth-order valence-electron chi connectivity index (χ4n) is 2.63. The summed E-state index contributed by atoms with van der Waals surface area (Å²) in [5.41, 5.74) is 6.29. The van der Waals surface area contributed by atoms with Gasteiger partial charge in [-0.25, -0.2) is 4.79 Å². The van der Waals surface area contributed by atoms with E-state index in [1.165, 1.54) is 23.1 Å². The Morgan fingerprint density at radius 2 is 1.96 bits per heavy atom. The highest BCUT2D eigenvalue weighted by Crippen LogP contribution is 2.23. The van der Waals surface area contributed by atoms with E-state index in [4.69, 9.17) is 5.73 Å². The number of hydrogen-bond donors (Lipinski definition) is 3. The molecule has 0 bridgehead atoms. The van der Waals surface area contributed by atoms with Crippen molar-refractivity contribution in [3.8, 4) is 0 Å². The van der Waals surface area contributed by atoms with Crippen LogP contribution in [0.3, 0.4) is 0 Å². The summed E-state index contributed by atoms with van der Waals surface area (Å²) in [4.78, 5) is 26.1. The Labute approximate surface area is 159 Å². The number of nitrogen functional groups attached to an aromatic ring is 1. The summed E-state index contributed by atoms with van der Waals surface area (Å²) in [6, 6.07) is 9.36. The van der Waals surface area contributed by atoms with Crippen LogP contribution >= 0.6 is 23.1 Å². The van der Waals surface area contributed by atoms with Crippen LogP contribution in [0.25, 0.3) is 0 Å². The number of carbonyl (C=O) groups is 2. The predicted octanol–water partition coefficient (Wildman–Crippen LogP) is 2.03. The molecule has 0 spiro atoms. The third-order valence-corrected chi connectivity index (χ3v) is 5.81. The van der Waals surface area contributed by atoms with Crippen molar-refractivity contribution < 1.29 is 9.59 Å². The maximum absolute atomic E-state index is 12.3. The van der Waals surface area contributed by atoms with E-state index in [2.05, 4.69) is 20.8 Å². The van der Waals surface area contributed by atoms with E-state index in [1.807, 2.05) is 30.3 Å². The number of nitrogens with zero attached hydrogens (tertiary/aromatic N) is 3. The van der Waals surface area contributed by atoms with Crippen LogP contribution in [0.15, 0.2) is 34.7 Å². The first kappa shape index (κ1) is 18.5. The molecular weight excluding hydrogens is 372 g/mol. The van der Waals surface area contributed by atoms with E-state index in [-0.39, 0.29) is 23.7 Å². The smallest absolute Gasteiger partial charge is 0.321 e. The van der Waals surface area contributed by atoms with Gasteiger partial charge in [-0.3, -0.25) is 4.79 Å². The maximum atomic E-state index is 12.3. The van der Waals surface area contributed by atoms with Crippen molar-refractivity contribution >= 4 is 45.9 Å². The van der Waals surface area contributed by atoms with Gasteiger partial charge >= 0.3 is 6.03 Å². The number of piperidine rings is 1. The number of rotatable bonds is 5. The molecule has 1 aliphatic rings. The molecule has 1 aromatic heterocycles. The third-order valence-electron chi connectivity index (χ3n) is 3.92. The molecule has 1 fully saturated rings. The summed E-state index contributed by atoms with van der Waals surface area (Å²) < 4.78 is 0.685. The van der Waals surface area contributed by atoms with Gasteiger partial charge in [-0.05, 0) is 25.0 Å². The monoisotopic (exact) mass is 392 g/mol. The Balaban J connectivity index is 1.37. The summed E-state index contributed by atoms with van der Waals surface area (Å²) in [5.74, 6) is 0.236. The van der Waals surface area contributed by atoms with E-state index < -0.39 is 0 Å². The first-order valence-corrected chi connectivity index (χ1v) is 10.0. The second-order valence-electron chi connectivity index (χ2n) is 5.82. The Morgan fingerprint density at radius 1 is 1.23 bits per heavy atom. The summed E-state index contributed by atoms with van der Waals surface area (Å²) >= 11 is 2.59. The van der Waals surface area contributed by atoms with Crippen LogP contribution in [0.5, 0.6) is 0 Å². The van der Waals surface area contributed by atoms with Gasteiger partial charge in [0.1, 0.15) is 0 Å². The zero-order chi connectivity index (χ0) is 18.4. The first-order chi connectivity index (χ1) is 12.6. The standard InChI is InChI=1S/C16H20N6O2S2/c17-14-20-21-16(26-14)25-10-13(23)18-12-6-8-22(9-7-12)15(24)19-11-4-2-1-3-5-11/h1-5,12H,6-10H2,(H2,17,20)(H,18,23)(H,19,24). The van der Waals surface area contributed by atoms with Gasteiger partial charge in [0.05, 0.1) is 5.75 Å². The summed E-state index contributed by atoms with van der Waals surface area (Å²) in [6.07, 6.45) is 1.48. The Bertz CT molecular complexity index is 746. The second-order valence-corrected chi connectivity index (χ2v) is 8.05. The van der Waals surface area contributed by atoms with Crippen LogP contribution < -0.4 is 16.4 Å². The van der Waals surface area contributed by atoms with E-state index in [9.17, 15) is 9.59 Å². The zero-order valence-corrected chi connectivity index (χ0v) is 15.7. The number of carbonyl (C=O) groups excluding carboxylic acids is 2. The minimum Gasteiger partial charge on any atom is -0.374 e. The number of nitrogens with one attached hydrogen (secondary N) is 2. The van der Waals surface area contributed by atoms with Crippen molar-refractivity contribution in [2.24, 2.45) is 0 Å². The van der Waals surface area contributed by atoms with Crippen LogP contribution in [0.4, 0.5) is 15.6 Å². The molecule has 2 aromatic rings. The predicted molar refractivity (Wildman–Crippen MR) is 103 cm³/mol. The highest BCUT2D eigenvalue weighted by Gasteiger charge is 2.24. The molecule has 0 radical (unpaired) electrons. The topological polar surface area (TPSA) is 113 Å². The Morgan fingerprint density at radius 3 is 2.62 bits per heavy atom. The van der Waals surface area contributed by atoms with Crippen LogP contribution in [0.2, 0.25) is 0 Å². The van der Waals surface area contributed by atoms with Gasteiger partial charge < -0.3 is 21.3 Å². The minimum atomic E-state index is -0.106. The average Bonchev–Trinajstić information content (AvgIpc) is 3.07. The molecular formula is C16H20N6O2S2. The molecule has 3 rings (SSSR count). The van der Waals surface area contributed by atoms with Crippen LogP contribution in [-0.2, 0) is 4.79 Å². The highest BCUT2D eigenvalue weighted by molar-refractivity contribution is 8.01. The Hall–Kier alpha value is -2.33. The summed E-state index contributed by atoms with van der Waals surface area (Å²) in [6.45, 7) is 1.23. The molecule has 0 aliphatic carbocycles. The number of hydrogen-bond acceptors (Lipinski definition) is 7. The summed E-state index contributed by atoms with van der Waals surface area (Å²) in [7, 11) is 0. The molecule has 138 valence electrons. The van der Waals surface area contributed by atoms with Crippen LogP contribution in [-0.4, -0.2) is 51.9 Å². The largest absolute Gasteiger partial charge is 0.374 e. The lowest BCUT2D eigenvalue weighted by molar-refractivity contribution is -0.119. The molecule has 4 N–H and O–H groups in total. The molecule has 2 heterocycles. The van der Waals surface area contributed by atoms with Gasteiger partial charge in [-0.15, -0.1) is 10.2 Å². The number of anilines is 2. The number of benzene rings is 1. The lowest BCUT2D eigenvalue weighted by Gasteiger charge is -2.32. The number of amides is 3. The molecule has 1 saturated heterocycles. The zero-order valence-electron chi connectivity index (χ0n) is 14.1. The minimum absolute atomic E-state index is 0.0454. The van der Waals surface area contributed by atoms with E-state index in [0.717, 1.165) is 18.5 Å². The normalized spacial score (nSPS) is 14.8.